The van der Waals surface area contributed by atoms with E-state index in [1.165, 1.54) is 11.1 Å². The number of hydrogen-bond acceptors (Lipinski definition) is 3. The smallest absolute Gasteiger partial charge is 0.161 e. The highest BCUT2D eigenvalue weighted by atomic mass is 35.5. The monoisotopic (exact) mass is 381 g/mol. The number of methoxy groups -OCH3 is 2. The average molecular weight is 382 g/mol. The van der Waals surface area contributed by atoms with Gasteiger partial charge in [-0.1, -0.05) is 60.1 Å². The first-order valence-corrected chi connectivity index (χ1v) is 9.21. The normalized spacial score (nSPS) is 12.0. The molecule has 1 atom stereocenters. The van der Waals surface area contributed by atoms with Crippen LogP contribution in [0, 0.1) is 0 Å². The van der Waals surface area contributed by atoms with Gasteiger partial charge in [0.25, 0.3) is 0 Å². The van der Waals surface area contributed by atoms with E-state index in [9.17, 15) is 0 Å². The second-order valence-electron chi connectivity index (χ2n) is 6.47. The molecular formula is C23H24ClNO2. The van der Waals surface area contributed by atoms with Crippen molar-refractivity contribution < 1.29 is 9.47 Å². The van der Waals surface area contributed by atoms with E-state index in [4.69, 9.17) is 21.1 Å². The van der Waals surface area contributed by atoms with Gasteiger partial charge < -0.3 is 9.47 Å². The van der Waals surface area contributed by atoms with Crippen molar-refractivity contribution in [2.75, 3.05) is 21.3 Å². The molecule has 0 spiro atoms. The quantitative estimate of drug-likeness (QED) is 0.533. The molecule has 27 heavy (non-hydrogen) atoms. The Morgan fingerprint density at radius 1 is 0.815 bits per heavy atom. The zero-order valence-electron chi connectivity index (χ0n) is 15.9. The van der Waals surface area contributed by atoms with Gasteiger partial charge in [0.05, 0.1) is 20.3 Å². The lowest BCUT2D eigenvalue weighted by Crippen LogP contribution is -2.25. The lowest BCUT2D eigenvalue weighted by atomic mass is 9.97. The van der Waals surface area contributed by atoms with E-state index in [1.54, 1.807) is 14.2 Å². The molecule has 0 unspecified atom stereocenters. The number of nitrogens with zero attached hydrogens (tertiary/aromatic N) is 1. The molecule has 140 valence electrons. The second-order valence-corrected chi connectivity index (χ2v) is 6.91. The summed E-state index contributed by atoms with van der Waals surface area (Å²) in [7, 11) is 5.43. The molecule has 0 radical (unpaired) electrons. The molecule has 0 aliphatic rings. The fraction of sp³-hybridized carbons (Fsp3) is 0.217. The van der Waals surface area contributed by atoms with Gasteiger partial charge in [0.15, 0.2) is 11.5 Å². The predicted octanol–water partition coefficient (Wildman–Crippen LogP) is 5.58. The van der Waals surface area contributed by atoms with Crippen LogP contribution in [0.3, 0.4) is 0 Å². The van der Waals surface area contributed by atoms with Gasteiger partial charge in [0, 0.05) is 11.6 Å². The summed E-state index contributed by atoms with van der Waals surface area (Å²) in [6, 6.07) is 24.7. The Morgan fingerprint density at radius 3 is 2.07 bits per heavy atom. The van der Waals surface area contributed by atoms with Gasteiger partial charge in [0.2, 0.25) is 0 Å². The maximum absolute atomic E-state index is 6.09. The van der Waals surface area contributed by atoms with Crippen LogP contribution in [0.15, 0.2) is 72.8 Å². The maximum atomic E-state index is 6.09. The fourth-order valence-corrected chi connectivity index (χ4v) is 3.47. The molecule has 0 aromatic heterocycles. The van der Waals surface area contributed by atoms with E-state index in [0.717, 1.165) is 28.6 Å². The summed E-state index contributed by atoms with van der Waals surface area (Å²) in [4.78, 5) is 2.32. The third kappa shape index (κ3) is 4.62. The van der Waals surface area contributed by atoms with Crippen LogP contribution >= 0.6 is 11.6 Å². The minimum Gasteiger partial charge on any atom is -0.493 e. The first kappa shape index (κ1) is 19.3. The van der Waals surface area contributed by atoms with Crippen LogP contribution in [0.4, 0.5) is 0 Å². The third-order valence-corrected chi connectivity index (χ3v) is 4.87. The highest BCUT2D eigenvalue weighted by Crippen LogP contribution is 2.32. The number of hydrogen-bond donors (Lipinski definition) is 0. The van der Waals surface area contributed by atoms with Crippen LogP contribution in [0.1, 0.15) is 22.7 Å². The summed E-state index contributed by atoms with van der Waals surface area (Å²) >= 11 is 6.09. The lowest BCUT2D eigenvalue weighted by molar-refractivity contribution is 0.269. The van der Waals surface area contributed by atoms with Gasteiger partial charge in [-0.2, -0.15) is 0 Å². The van der Waals surface area contributed by atoms with E-state index < -0.39 is 0 Å². The maximum Gasteiger partial charge on any atom is 0.161 e. The summed E-state index contributed by atoms with van der Waals surface area (Å²) in [6.07, 6.45) is 0. The van der Waals surface area contributed by atoms with Gasteiger partial charge in [-0.3, -0.25) is 4.90 Å². The Morgan fingerprint density at radius 2 is 1.44 bits per heavy atom. The molecule has 0 bridgehead atoms. The van der Waals surface area contributed by atoms with E-state index in [1.807, 2.05) is 30.3 Å². The first-order chi connectivity index (χ1) is 13.1. The van der Waals surface area contributed by atoms with Crippen LogP contribution < -0.4 is 9.47 Å². The van der Waals surface area contributed by atoms with E-state index >= 15 is 0 Å². The molecule has 0 N–H and O–H groups in total. The topological polar surface area (TPSA) is 21.7 Å². The van der Waals surface area contributed by atoms with Crippen molar-refractivity contribution in [3.63, 3.8) is 0 Å². The lowest BCUT2D eigenvalue weighted by Gasteiger charge is -2.29. The number of benzene rings is 3. The van der Waals surface area contributed by atoms with Crippen molar-refractivity contribution in [3.8, 4) is 11.5 Å². The Labute approximate surface area is 166 Å². The number of rotatable bonds is 7. The Kier molecular flexibility index (Phi) is 6.38. The molecule has 3 aromatic rings. The molecule has 3 nitrogen and oxygen atoms in total. The van der Waals surface area contributed by atoms with E-state index in [-0.39, 0.29) is 6.04 Å². The van der Waals surface area contributed by atoms with Crippen molar-refractivity contribution in [2.45, 2.75) is 12.6 Å². The van der Waals surface area contributed by atoms with Crippen LogP contribution in [-0.2, 0) is 6.54 Å². The zero-order chi connectivity index (χ0) is 19.2. The van der Waals surface area contributed by atoms with Crippen molar-refractivity contribution in [1.29, 1.82) is 0 Å². The molecule has 4 heteroatoms. The first-order valence-electron chi connectivity index (χ1n) is 8.84. The summed E-state index contributed by atoms with van der Waals surface area (Å²) in [5, 5.41) is 0.744. The fourth-order valence-electron chi connectivity index (χ4n) is 3.34. The van der Waals surface area contributed by atoms with E-state index in [2.05, 4.69) is 54.4 Å². The highest BCUT2D eigenvalue weighted by Gasteiger charge is 2.20. The Balaban J connectivity index is 1.91. The summed E-state index contributed by atoms with van der Waals surface area (Å²) in [5.41, 5.74) is 3.60. The Hall–Kier alpha value is -2.49. The number of halogens is 1. The van der Waals surface area contributed by atoms with Crippen LogP contribution in [-0.4, -0.2) is 26.2 Å². The highest BCUT2D eigenvalue weighted by molar-refractivity contribution is 6.30. The SMILES string of the molecule is COc1ccc(CN(C)[C@H](c2ccccc2)c2ccc(Cl)cc2)cc1OC. The molecule has 0 fully saturated rings. The molecule has 0 heterocycles. The number of ether oxygens (including phenoxy) is 2. The van der Waals surface area contributed by atoms with Crippen molar-refractivity contribution in [2.24, 2.45) is 0 Å². The van der Waals surface area contributed by atoms with Gasteiger partial charge in [-0.15, -0.1) is 0 Å². The van der Waals surface area contributed by atoms with Gasteiger partial charge in [-0.25, -0.2) is 0 Å². The minimum atomic E-state index is 0.122. The predicted molar refractivity (Wildman–Crippen MR) is 111 cm³/mol. The third-order valence-electron chi connectivity index (χ3n) is 4.62. The molecule has 0 saturated heterocycles. The minimum absolute atomic E-state index is 0.122. The van der Waals surface area contributed by atoms with Crippen molar-refractivity contribution in [3.05, 3.63) is 94.5 Å². The average Bonchev–Trinajstić information content (AvgIpc) is 2.70. The summed E-state index contributed by atoms with van der Waals surface area (Å²) in [6.45, 7) is 0.766. The Bertz CT molecular complexity index is 865. The molecular weight excluding hydrogens is 358 g/mol. The van der Waals surface area contributed by atoms with Crippen molar-refractivity contribution in [1.82, 2.24) is 4.90 Å². The van der Waals surface area contributed by atoms with Crippen LogP contribution in [0.25, 0.3) is 0 Å². The molecule has 3 aromatic carbocycles. The molecule has 0 amide bonds. The standard InChI is InChI=1S/C23H24ClNO2/c1-25(16-17-9-14-21(26-2)22(15-17)27-3)23(18-7-5-4-6-8-18)19-10-12-20(24)13-11-19/h4-15,23H,16H2,1-3H3/t23-/m1/s1. The van der Waals surface area contributed by atoms with Crippen LogP contribution in [0.2, 0.25) is 5.02 Å². The van der Waals surface area contributed by atoms with Crippen molar-refractivity contribution >= 4 is 11.6 Å². The summed E-state index contributed by atoms with van der Waals surface area (Å²) < 4.78 is 10.8. The summed E-state index contributed by atoms with van der Waals surface area (Å²) in [5.74, 6) is 1.48. The van der Waals surface area contributed by atoms with Gasteiger partial charge in [0.1, 0.15) is 0 Å². The molecule has 0 saturated carbocycles. The largest absolute Gasteiger partial charge is 0.493 e. The van der Waals surface area contributed by atoms with E-state index in [0.29, 0.717) is 0 Å². The molecule has 0 aliphatic carbocycles. The molecule has 0 aliphatic heterocycles. The zero-order valence-corrected chi connectivity index (χ0v) is 16.6. The molecule has 3 rings (SSSR count). The second kappa shape index (κ2) is 8.94. The van der Waals surface area contributed by atoms with Crippen LogP contribution in [0.5, 0.6) is 11.5 Å². The van der Waals surface area contributed by atoms with Gasteiger partial charge in [-0.05, 0) is 48.0 Å². The van der Waals surface area contributed by atoms with Gasteiger partial charge >= 0.3 is 0 Å².